The number of nitrogens with zero attached hydrogens (tertiary/aromatic N) is 1. The molecule has 0 bridgehead atoms. The first-order valence-corrected chi connectivity index (χ1v) is 31.9. The quantitative estimate of drug-likeness (QED) is 0.0212. The number of carbonyl (C=O) groups excluding carboxylic acids is 2. The number of rotatable bonds is 55. The third-order valence-corrected chi connectivity index (χ3v) is 14.5. The van der Waals surface area contributed by atoms with E-state index in [4.69, 9.17) is 13.8 Å². The van der Waals surface area contributed by atoms with E-state index in [1.807, 2.05) is 33.3 Å². The molecule has 10 heteroatoms. The summed E-state index contributed by atoms with van der Waals surface area (Å²) in [6.45, 7) is 6.73. The van der Waals surface area contributed by atoms with E-state index in [-0.39, 0.29) is 24.9 Å². The number of nitrogens with one attached hydrogen (secondary N) is 1. The lowest BCUT2D eigenvalue weighted by Crippen LogP contribution is -2.47. The molecule has 0 heterocycles. The third-order valence-electron chi connectivity index (χ3n) is 13.5. The maximum absolute atomic E-state index is 13.5. The number of hydrogen-bond donors (Lipinski definition) is 1. The van der Waals surface area contributed by atoms with Gasteiger partial charge in [0, 0.05) is 12.8 Å². The van der Waals surface area contributed by atoms with Crippen molar-refractivity contribution in [1.29, 1.82) is 0 Å². The lowest BCUT2D eigenvalue weighted by molar-refractivity contribution is -0.870. The number of phosphoric acid groups is 1. The minimum Gasteiger partial charge on any atom is -0.756 e. The molecule has 0 saturated heterocycles. The monoisotopic (exact) mass is 1030 g/mol. The van der Waals surface area contributed by atoms with Crippen LogP contribution >= 0.6 is 7.82 Å². The SMILES string of the molecule is CC/C=C/C/C=C/C/C=C/CCCCCCC(=O)NC(COP(=O)([O-])OCC[N+](C)(C)C)C(/C=C\CCCCCCCCCCC)OC(=O)CCCCCCCCCCCCCCCCCCCCCCC. The maximum Gasteiger partial charge on any atom is 0.306 e. The third kappa shape index (κ3) is 52.8. The predicted octanol–water partition coefficient (Wildman–Crippen LogP) is 17.9. The smallest absolute Gasteiger partial charge is 0.306 e. The van der Waals surface area contributed by atoms with Gasteiger partial charge in [-0.3, -0.25) is 14.2 Å². The standard InChI is InChI=1S/C62H117N2O7P/c1-7-10-13-16-19-22-25-27-29-30-31-32-33-34-35-37-40-43-46-49-52-55-62(66)71-60(53-50-47-44-41-38-24-21-18-15-12-9-3)59(58-70-72(67,68)69-57-56-64(4,5)6)63-61(65)54-51-48-45-42-39-36-28-26-23-20-17-14-11-8-2/h11,14,20,23,28,36,50,53,59-60H,7-10,12-13,15-19,21-22,24-27,29-35,37-49,51-52,54-58H2,1-6H3,(H-,63,65,67,68)/b14-11+,23-20+,36-28+,53-50-. The van der Waals surface area contributed by atoms with Gasteiger partial charge in [-0.05, 0) is 63.9 Å². The summed E-state index contributed by atoms with van der Waals surface area (Å²) in [4.78, 5) is 39.9. The molecule has 1 N–H and O–H groups in total. The van der Waals surface area contributed by atoms with Crippen molar-refractivity contribution in [3.8, 4) is 0 Å². The van der Waals surface area contributed by atoms with E-state index >= 15 is 0 Å². The Balaban J connectivity index is 5.18. The molecule has 72 heavy (non-hydrogen) atoms. The summed E-state index contributed by atoms with van der Waals surface area (Å²) in [5.41, 5.74) is 0. The van der Waals surface area contributed by atoms with Crippen molar-refractivity contribution >= 4 is 19.7 Å². The summed E-state index contributed by atoms with van der Waals surface area (Å²) in [7, 11) is 1.17. The molecule has 0 rings (SSSR count). The molecule has 0 aliphatic rings. The summed E-state index contributed by atoms with van der Waals surface area (Å²) < 4.78 is 30.2. The zero-order valence-electron chi connectivity index (χ0n) is 48.1. The number of amides is 1. The normalized spacial score (nSPS) is 14.0. The molecule has 0 spiro atoms. The fraction of sp³-hybridized carbons (Fsp3) is 0.839. The summed E-state index contributed by atoms with van der Waals surface area (Å²) >= 11 is 0. The number of phosphoric ester groups is 1. The summed E-state index contributed by atoms with van der Waals surface area (Å²) in [5.74, 6) is -0.558. The molecule has 0 aliphatic carbocycles. The Morgan fingerprint density at radius 2 is 0.889 bits per heavy atom. The molecule has 0 aromatic carbocycles. The predicted molar refractivity (Wildman–Crippen MR) is 307 cm³/mol. The molecule has 0 fully saturated rings. The lowest BCUT2D eigenvalue weighted by Gasteiger charge is -2.30. The zero-order chi connectivity index (χ0) is 52.9. The number of esters is 1. The highest BCUT2D eigenvalue weighted by Crippen LogP contribution is 2.38. The van der Waals surface area contributed by atoms with E-state index in [9.17, 15) is 19.0 Å². The lowest BCUT2D eigenvalue weighted by atomic mass is 10.0. The average Bonchev–Trinajstić information content (AvgIpc) is 3.34. The summed E-state index contributed by atoms with van der Waals surface area (Å²) in [6, 6.07) is -0.897. The van der Waals surface area contributed by atoms with Gasteiger partial charge in [-0.15, -0.1) is 0 Å². The Hall–Kier alpha value is -2.03. The molecule has 0 radical (unpaired) electrons. The highest BCUT2D eigenvalue weighted by molar-refractivity contribution is 7.45. The molecular weight excluding hydrogens is 916 g/mol. The van der Waals surface area contributed by atoms with Crippen LogP contribution in [-0.2, 0) is 27.9 Å². The van der Waals surface area contributed by atoms with E-state index in [1.165, 1.54) is 161 Å². The molecule has 0 saturated carbocycles. The largest absolute Gasteiger partial charge is 0.756 e. The van der Waals surface area contributed by atoms with Gasteiger partial charge in [0.05, 0.1) is 33.8 Å². The van der Waals surface area contributed by atoms with Crippen LogP contribution < -0.4 is 10.2 Å². The first-order valence-electron chi connectivity index (χ1n) is 30.4. The number of allylic oxidation sites excluding steroid dienone is 7. The van der Waals surface area contributed by atoms with Gasteiger partial charge in [-0.25, -0.2) is 0 Å². The summed E-state index contributed by atoms with van der Waals surface area (Å²) in [6.07, 6.45) is 63.7. The first kappa shape index (κ1) is 70.0. The second-order valence-electron chi connectivity index (χ2n) is 21.8. The Bertz CT molecular complexity index is 1380. The van der Waals surface area contributed by atoms with Crippen molar-refractivity contribution in [2.45, 2.75) is 296 Å². The second kappa shape index (κ2) is 52.4. The molecule has 3 atom stereocenters. The average molecular weight is 1030 g/mol. The van der Waals surface area contributed by atoms with Gasteiger partial charge in [0.1, 0.15) is 19.3 Å². The molecule has 9 nitrogen and oxygen atoms in total. The van der Waals surface area contributed by atoms with Gasteiger partial charge in [0.15, 0.2) is 0 Å². The van der Waals surface area contributed by atoms with Crippen molar-refractivity contribution < 1.29 is 37.3 Å². The van der Waals surface area contributed by atoms with Gasteiger partial charge in [-0.2, -0.15) is 0 Å². The van der Waals surface area contributed by atoms with Crippen LogP contribution in [0.3, 0.4) is 0 Å². The minimum absolute atomic E-state index is 0.0261. The molecular formula is C62H117N2O7P. The Morgan fingerprint density at radius 3 is 1.33 bits per heavy atom. The van der Waals surface area contributed by atoms with Gasteiger partial charge in [-0.1, -0.05) is 256 Å². The van der Waals surface area contributed by atoms with Gasteiger partial charge in [0.2, 0.25) is 5.91 Å². The Labute approximate surface area is 446 Å². The van der Waals surface area contributed by atoms with Crippen molar-refractivity contribution in [2.24, 2.45) is 0 Å². The molecule has 1 amide bonds. The fourth-order valence-electron chi connectivity index (χ4n) is 8.83. The van der Waals surface area contributed by atoms with Crippen LogP contribution in [0.4, 0.5) is 0 Å². The van der Waals surface area contributed by atoms with Crippen molar-refractivity contribution in [1.82, 2.24) is 5.32 Å². The van der Waals surface area contributed by atoms with Crippen LogP contribution in [0.5, 0.6) is 0 Å². The molecule has 0 aliphatic heterocycles. The number of hydrogen-bond acceptors (Lipinski definition) is 7. The van der Waals surface area contributed by atoms with Crippen LogP contribution in [0.2, 0.25) is 0 Å². The molecule has 422 valence electrons. The van der Waals surface area contributed by atoms with Crippen LogP contribution in [-0.4, -0.2) is 69.4 Å². The van der Waals surface area contributed by atoms with Crippen LogP contribution in [0, 0.1) is 0 Å². The van der Waals surface area contributed by atoms with Gasteiger partial charge >= 0.3 is 5.97 Å². The van der Waals surface area contributed by atoms with Gasteiger partial charge < -0.3 is 28.5 Å². The van der Waals surface area contributed by atoms with Crippen LogP contribution in [0.1, 0.15) is 284 Å². The summed E-state index contributed by atoms with van der Waals surface area (Å²) in [5, 5.41) is 3.01. The highest BCUT2D eigenvalue weighted by Gasteiger charge is 2.27. The fourth-order valence-corrected chi connectivity index (χ4v) is 9.55. The zero-order valence-corrected chi connectivity index (χ0v) is 49.0. The Morgan fingerprint density at radius 1 is 0.500 bits per heavy atom. The van der Waals surface area contributed by atoms with E-state index in [2.05, 4.69) is 62.5 Å². The number of quaternary nitrogens is 1. The van der Waals surface area contributed by atoms with Crippen molar-refractivity contribution in [3.63, 3.8) is 0 Å². The van der Waals surface area contributed by atoms with E-state index in [0.717, 1.165) is 83.5 Å². The molecule has 0 aromatic rings. The first-order chi connectivity index (χ1) is 34.9. The van der Waals surface area contributed by atoms with E-state index in [1.54, 1.807) is 0 Å². The number of likely N-dealkylation sites (N-methyl/N-ethyl adjacent to an activating group) is 1. The highest BCUT2D eigenvalue weighted by atomic mass is 31.2. The van der Waals surface area contributed by atoms with E-state index in [0.29, 0.717) is 23.9 Å². The Kier molecular flexibility index (Phi) is 50.9. The second-order valence-corrected chi connectivity index (χ2v) is 23.2. The van der Waals surface area contributed by atoms with Crippen molar-refractivity contribution in [2.75, 3.05) is 40.9 Å². The number of ether oxygens (including phenoxy) is 1. The molecule has 0 aromatic heterocycles. The van der Waals surface area contributed by atoms with E-state index < -0.39 is 26.6 Å². The van der Waals surface area contributed by atoms with Crippen LogP contribution in [0.15, 0.2) is 48.6 Å². The topological polar surface area (TPSA) is 114 Å². The van der Waals surface area contributed by atoms with Gasteiger partial charge in [0.25, 0.3) is 7.82 Å². The maximum atomic E-state index is 13.5. The van der Waals surface area contributed by atoms with Crippen LogP contribution in [0.25, 0.3) is 0 Å². The minimum atomic E-state index is -4.70. The number of unbranched alkanes of at least 4 members (excludes halogenated alkanes) is 33. The number of carbonyl (C=O) groups is 2. The molecule has 3 unspecified atom stereocenters. The van der Waals surface area contributed by atoms with Crippen molar-refractivity contribution in [3.05, 3.63) is 48.6 Å².